The van der Waals surface area contributed by atoms with Crippen molar-refractivity contribution in [2.45, 2.75) is 109 Å². The van der Waals surface area contributed by atoms with E-state index in [1.54, 1.807) is 18.2 Å². The van der Waals surface area contributed by atoms with E-state index in [1.807, 2.05) is 24.3 Å². The predicted molar refractivity (Wildman–Crippen MR) is 152 cm³/mol. The second-order valence-electron chi connectivity index (χ2n) is 11.1. The summed E-state index contributed by atoms with van der Waals surface area (Å²) >= 11 is 0. The Morgan fingerprint density at radius 1 is 0.789 bits per heavy atom. The number of halogens is 3. The van der Waals surface area contributed by atoms with E-state index in [1.165, 1.54) is 19.3 Å². The third kappa shape index (κ3) is 7.20. The number of unbranched alkanes of at least 4 members (excludes halogenated alkanes) is 5. The highest BCUT2D eigenvalue weighted by Gasteiger charge is 2.25. The summed E-state index contributed by atoms with van der Waals surface area (Å²) in [4.78, 5) is 0. The monoisotopic (exact) mass is 524 g/mol. The highest BCUT2D eigenvalue weighted by Crippen LogP contribution is 2.36. The normalized spacial score (nSPS) is 19.8. The van der Waals surface area contributed by atoms with Crippen molar-refractivity contribution in [3.05, 3.63) is 82.2 Å². The third-order valence-corrected chi connectivity index (χ3v) is 8.27. The van der Waals surface area contributed by atoms with Crippen molar-refractivity contribution in [2.24, 2.45) is 0 Å². The first-order chi connectivity index (χ1) is 18.5. The molecular weight excluding hydrogens is 481 g/mol. The zero-order valence-electron chi connectivity index (χ0n) is 23.1. The molecule has 1 aliphatic carbocycles. The van der Waals surface area contributed by atoms with E-state index in [-0.39, 0.29) is 11.7 Å². The van der Waals surface area contributed by atoms with Crippen molar-refractivity contribution >= 4 is 11.1 Å². The quantitative estimate of drug-likeness (QED) is 0.251. The predicted octanol–water partition coefficient (Wildman–Crippen LogP) is 10.3. The second-order valence-corrected chi connectivity index (χ2v) is 11.1. The van der Waals surface area contributed by atoms with Crippen LogP contribution in [0, 0.1) is 17.5 Å². The van der Waals surface area contributed by atoms with Crippen LogP contribution in [0.1, 0.15) is 119 Å². The molecule has 0 saturated carbocycles. The molecule has 2 aliphatic rings. The van der Waals surface area contributed by atoms with Gasteiger partial charge in [0.05, 0.1) is 12.7 Å². The summed E-state index contributed by atoms with van der Waals surface area (Å²) in [5, 5.41) is 0. The molecule has 1 nitrogen and oxygen atoms in total. The Morgan fingerprint density at radius 2 is 1.55 bits per heavy atom. The zero-order valence-corrected chi connectivity index (χ0v) is 23.1. The number of hydrogen-bond donors (Lipinski definition) is 0. The van der Waals surface area contributed by atoms with Crippen molar-refractivity contribution < 1.29 is 17.9 Å². The molecule has 0 aromatic heterocycles. The van der Waals surface area contributed by atoms with Crippen LogP contribution >= 0.6 is 0 Å². The molecule has 0 amide bonds. The maximum atomic E-state index is 15.2. The van der Waals surface area contributed by atoms with Crippen molar-refractivity contribution in [1.29, 1.82) is 0 Å². The number of benzene rings is 2. The van der Waals surface area contributed by atoms with Gasteiger partial charge in [0, 0.05) is 11.5 Å². The van der Waals surface area contributed by atoms with Gasteiger partial charge in [0.1, 0.15) is 5.82 Å². The minimum atomic E-state index is -0.751. The molecule has 0 radical (unpaired) electrons. The number of aryl methyl sites for hydroxylation is 1. The maximum Gasteiger partial charge on any atom is 0.166 e. The fourth-order valence-corrected chi connectivity index (χ4v) is 5.83. The van der Waals surface area contributed by atoms with Gasteiger partial charge in [0.25, 0.3) is 0 Å². The van der Waals surface area contributed by atoms with Crippen molar-refractivity contribution in [2.75, 3.05) is 6.61 Å². The molecule has 1 saturated heterocycles. The molecular formula is C34H43F3O. The van der Waals surface area contributed by atoms with Crippen molar-refractivity contribution in [3.63, 3.8) is 0 Å². The van der Waals surface area contributed by atoms with Crippen LogP contribution < -0.4 is 0 Å². The molecule has 0 spiro atoms. The molecule has 2 aromatic rings. The lowest BCUT2D eigenvalue weighted by atomic mass is 9.86. The first-order valence-electron chi connectivity index (χ1n) is 14.8. The topological polar surface area (TPSA) is 9.23 Å². The summed E-state index contributed by atoms with van der Waals surface area (Å²) in [7, 11) is 0. The smallest absolute Gasteiger partial charge is 0.166 e. The lowest BCUT2D eigenvalue weighted by Gasteiger charge is -2.30. The van der Waals surface area contributed by atoms with E-state index in [4.69, 9.17) is 4.74 Å². The Morgan fingerprint density at radius 3 is 2.24 bits per heavy atom. The van der Waals surface area contributed by atoms with Gasteiger partial charge in [-0.15, -0.1) is 0 Å². The SMILES string of the molecule is CCCCCCc1ccc(C2=CC=C(c3ccc(C4CCC(CCCCC)OC4)c(F)c3)CC2)c(F)c1F. The van der Waals surface area contributed by atoms with Crippen LogP contribution in [-0.4, -0.2) is 12.7 Å². The van der Waals surface area contributed by atoms with Crippen LogP contribution in [0.5, 0.6) is 0 Å². The van der Waals surface area contributed by atoms with E-state index in [0.29, 0.717) is 43.1 Å². The average molecular weight is 525 g/mol. The molecule has 38 heavy (non-hydrogen) atoms. The fraction of sp³-hybridized carbons (Fsp3) is 0.529. The number of ether oxygens (including phenoxy) is 1. The van der Waals surface area contributed by atoms with E-state index in [2.05, 4.69) is 13.8 Å². The largest absolute Gasteiger partial charge is 0.378 e. The molecule has 206 valence electrons. The summed E-state index contributed by atoms with van der Waals surface area (Å²) in [5.41, 5.74) is 4.18. The molecule has 2 unspecified atom stereocenters. The van der Waals surface area contributed by atoms with Gasteiger partial charge in [0.15, 0.2) is 11.6 Å². The Labute approximate surface area is 227 Å². The molecule has 1 fully saturated rings. The summed E-state index contributed by atoms with van der Waals surface area (Å²) in [6.45, 7) is 4.93. The maximum absolute atomic E-state index is 15.2. The highest BCUT2D eigenvalue weighted by atomic mass is 19.2. The lowest BCUT2D eigenvalue weighted by Crippen LogP contribution is -2.25. The summed E-state index contributed by atoms with van der Waals surface area (Å²) < 4.78 is 50.9. The van der Waals surface area contributed by atoms with Crippen LogP contribution in [0.15, 0.2) is 42.5 Å². The average Bonchev–Trinajstić information content (AvgIpc) is 2.94. The minimum absolute atomic E-state index is 0.103. The van der Waals surface area contributed by atoms with Gasteiger partial charge in [0.2, 0.25) is 0 Å². The summed E-state index contributed by atoms with van der Waals surface area (Å²) in [5.74, 6) is -1.55. The van der Waals surface area contributed by atoms with Crippen LogP contribution in [0.3, 0.4) is 0 Å². The Balaban J connectivity index is 1.39. The molecule has 0 N–H and O–H groups in total. The van der Waals surface area contributed by atoms with E-state index in [0.717, 1.165) is 67.2 Å². The van der Waals surface area contributed by atoms with Crippen LogP contribution in [0.2, 0.25) is 0 Å². The van der Waals surface area contributed by atoms with Gasteiger partial charge >= 0.3 is 0 Å². The molecule has 4 rings (SSSR count). The molecule has 2 aromatic carbocycles. The number of allylic oxidation sites excluding steroid dienone is 4. The minimum Gasteiger partial charge on any atom is -0.378 e. The Hall–Kier alpha value is -2.33. The van der Waals surface area contributed by atoms with Crippen molar-refractivity contribution in [1.82, 2.24) is 0 Å². The van der Waals surface area contributed by atoms with Gasteiger partial charge in [-0.1, -0.05) is 88.8 Å². The van der Waals surface area contributed by atoms with Crippen LogP contribution in [0.25, 0.3) is 11.1 Å². The van der Waals surface area contributed by atoms with E-state index < -0.39 is 11.6 Å². The van der Waals surface area contributed by atoms with Gasteiger partial charge in [-0.2, -0.15) is 0 Å². The van der Waals surface area contributed by atoms with Crippen LogP contribution in [-0.2, 0) is 11.2 Å². The van der Waals surface area contributed by atoms with E-state index >= 15 is 4.39 Å². The molecule has 2 atom stereocenters. The third-order valence-electron chi connectivity index (χ3n) is 8.27. The fourth-order valence-electron chi connectivity index (χ4n) is 5.83. The molecule has 1 aliphatic heterocycles. The first kappa shape index (κ1) is 28.7. The number of hydrogen-bond acceptors (Lipinski definition) is 1. The van der Waals surface area contributed by atoms with Gasteiger partial charge in [-0.3, -0.25) is 0 Å². The first-order valence-corrected chi connectivity index (χ1v) is 14.8. The van der Waals surface area contributed by atoms with E-state index in [9.17, 15) is 8.78 Å². The van der Waals surface area contributed by atoms with Gasteiger partial charge in [-0.25, -0.2) is 13.2 Å². The second kappa shape index (κ2) is 14.2. The summed E-state index contributed by atoms with van der Waals surface area (Å²) in [6.07, 6.45) is 16.8. The zero-order chi connectivity index (χ0) is 26.9. The van der Waals surface area contributed by atoms with Gasteiger partial charge < -0.3 is 4.74 Å². The molecule has 4 heteroatoms. The molecule has 0 bridgehead atoms. The van der Waals surface area contributed by atoms with Gasteiger partial charge in [-0.05, 0) is 78.8 Å². The highest BCUT2D eigenvalue weighted by molar-refractivity contribution is 5.78. The number of rotatable bonds is 12. The Bertz CT molecular complexity index is 1120. The summed E-state index contributed by atoms with van der Waals surface area (Å²) in [6, 6.07) is 8.97. The lowest BCUT2D eigenvalue weighted by molar-refractivity contribution is -0.00268. The Kier molecular flexibility index (Phi) is 10.7. The standard InChI is InChI=1S/C34H43F3O/c1-3-5-7-9-10-26-17-21-31(34(37)33(26)36)25-14-12-24(13-15-25)27-18-20-30(32(35)22-27)28-16-19-29(38-23-28)11-8-6-4-2/h12,14,17-18,20-22,28-29H,3-11,13,15-16,19,23H2,1-2H3. The van der Waals surface area contributed by atoms with Crippen LogP contribution in [0.4, 0.5) is 13.2 Å². The van der Waals surface area contributed by atoms with Crippen molar-refractivity contribution in [3.8, 4) is 0 Å². The molecule has 1 heterocycles.